The van der Waals surface area contributed by atoms with Crippen molar-refractivity contribution >= 4 is 21.8 Å². The molecule has 1 saturated carbocycles. The first kappa shape index (κ1) is 13.4. The third kappa shape index (κ3) is 3.25. The summed E-state index contributed by atoms with van der Waals surface area (Å²) in [6.07, 6.45) is -3.75. The van der Waals surface area contributed by atoms with Crippen LogP contribution in [0.4, 0.5) is 13.2 Å². The third-order valence-corrected chi connectivity index (χ3v) is 3.62. The standard InChI is InChI=1S/C12H11BrF3NO/c13-10-4-2-1-3-7(10)8-5-9(8)11(18)17-6-12(14,15)16/h1-4,8-9H,5-6H2,(H,17,18)/t8-,9+/m1/s1. The molecule has 1 amide bonds. The second-order valence-electron chi connectivity index (χ2n) is 4.30. The molecular weight excluding hydrogens is 311 g/mol. The average molecular weight is 322 g/mol. The zero-order valence-corrected chi connectivity index (χ0v) is 10.9. The van der Waals surface area contributed by atoms with Crippen LogP contribution in [0.1, 0.15) is 17.9 Å². The Labute approximate surface area is 111 Å². The molecule has 1 aromatic carbocycles. The average Bonchev–Trinajstić information content (AvgIpc) is 3.05. The summed E-state index contributed by atoms with van der Waals surface area (Å²) in [6, 6.07) is 7.45. The maximum atomic E-state index is 12.0. The quantitative estimate of drug-likeness (QED) is 0.909. The van der Waals surface area contributed by atoms with E-state index in [0.717, 1.165) is 10.0 Å². The molecule has 2 rings (SSSR count). The Morgan fingerprint density at radius 2 is 2.06 bits per heavy atom. The molecule has 18 heavy (non-hydrogen) atoms. The van der Waals surface area contributed by atoms with Gasteiger partial charge in [0.05, 0.1) is 0 Å². The fourth-order valence-corrected chi connectivity index (χ4v) is 2.50. The van der Waals surface area contributed by atoms with Crippen molar-refractivity contribution in [3.8, 4) is 0 Å². The second kappa shape index (κ2) is 4.91. The number of alkyl halides is 3. The topological polar surface area (TPSA) is 29.1 Å². The lowest BCUT2D eigenvalue weighted by Gasteiger charge is -2.08. The molecule has 1 N–H and O–H groups in total. The predicted octanol–water partition coefficient (Wildman–Crippen LogP) is 3.23. The highest BCUT2D eigenvalue weighted by Gasteiger charge is 2.45. The van der Waals surface area contributed by atoms with E-state index in [1.807, 2.05) is 29.6 Å². The molecule has 0 heterocycles. The molecule has 1 aliphatic rings. The van der Waals surface area contributed by atoms with Crippen LogP contribution < -0.4 is 5.32 Å². The summed E-state index contributed by atoms with van der Waals surface area (Å²) < 4.78 is 36.8. The molecule has 2 nitrogen and oxygen atoms in total. The molecule has 0 unspecified atom stereocenters. The minimum atomic E-state index is -4.35. The first-order valence-corrected chi connectivity index (χ1v) is 6.26. The molecule has 98 valence electrons. The highest BCUT2D eigenvalue weighted by molar-refractivity contribution is 9.10. The Hall–Kier alpha value is -1.04. The number of amides is 1. The largest absolute Gasteiger partial charge is 0.405 e. The molecule has 2 atom stereocenters. The van der Waals surface area contributed by atoms with Crippen LogP contribution in [0.3, 0.4) is 0 Å². The molecule has 0 saturated heterocycles. The molecule has 0 spiro atoms. The van der Waals surface area contributed by atoms with Gasteiger partial charge in [0, 0.05) is 10.4 Å². The number of benzene rings is 1. The number of nitrogens with one attached hydrogen (secondary N) is 1. The number of hydrogen-bond donors (Lipinski definition) is 1. The minimum Gasteiger partial charge on any atom is -0.347 e. The van der Waals surface area contributed by atoms with E-state index in [4.69, 9.17) is 0 Å². The number of carbonyl (C=O) groups is 1. The van der Waals surface area contributed by atoms with E-state index >= 15 is 0 Å². The minimum absolute atomic E-state index is 0.0220. The van der Waals surface area contributed by atoms with Crippen molar-refractivity contribution in [2.45, 2.75) is 18.5 Å². The van der Waals surface area contributed by atoms with Crippen LogP contribution in [0.2, 0.25) is 0 Å². The van der Waals surface area contributed by atoms with Crippen LogP contribution in [0.15, 0.2) is 28.7 Å². The normalized spacial score (nSPS) is 22.7. The van der Waals surface area contributed by atoms with Gasteiger partial charge in [-0.05, 0) is 24.0 Å². The summed E-state index contributed by atoms with van der Waals surface area (Å²) in [7, 11) is 0. The maximum Gasteiger partial charge on any atom is 0.405 e. The Morgan fingerprint density at radius 3 is 2.67 bits per heavy atom. The van der Waals surface area contributed by atoms with Crippen LogP contribution >= 0.6 is 15.9 Å². The SMILES string of the molecule is O=C(NCC(F)(F)F)[C@H]1C[C@@H]1c1ccccc1Br. The summed E-state index contributed by atoms with van der Waals surface area (Å²) in [5.74, 6) is -0.840. The smallest absolute Gasteiger partial charge is 0.347 e. The summed E-state index contributed by atoms with van der Waals surface area (Å²) in [5.41, 5.74) is 0.977. The van der Waals surface area contributed by atoms with Crippen molar-refractivity contribution in [3.05, 3.63) is 34.3 Å². The third-order valence-electron chi connectivity index (χ3n) is 2.89. The summed E-state index contributed by atoms with van der Waals surface area (Å²) in [4.78, 5) is 11.5. The highest BCUT2D eigenvalue weighted by Crippen LogP contribution is 2.49. The lowest BCUT2D eigenvalue weighted by Crippen LogP contribution is -2.34. The van der Waals surface area contributed by atoms with Gasteiger partial charge in [-0.1, -0.05) is 34.1 Å². The Balaban J connectivity index is 1.92. The predicted molar refractivity (Wildman–Crippen MR) is 64.1 cm³/mol. The van der Waals surface area contributed by atoms with E-state index in [0.29, 0.717) is 6.42 Å². The second-order valence-corrected chi connectivity index (χ2v) is 5.16. The van der Waals surface area contributed by atoms with Crippen LogP contribution in [0.5, 0.6) is 0 Å². The zero-order chi connectivity index (χ0) is 13.3. The molecular formula is C12H11BrF3NO. The van der Waals surface area contributed by atoms with Crippen molar-refractivity contribution in [2.24, 2.45) is 5.92 Å². The van der Waals surface area contributed by atoms with Gasteiger partial charge in [0.1, 0.15) is 6.54 Å². The van der Waals surface area contributed by atoms with E-state index in [1.165, 1.54) is 0 Å². The van der Waals surface area contributed by atoms with Crippen molar-refractivity contribution in [1.82, 2.24) is 5.32 Å². The van der Waals surface area contributed by atoms with Gasteiger partial charge >= 0.3 is 6.18 Å². The van der Waals surface area contributed by atoms with E-state index in [-0.39, 0.29) is 11.8 Å². The van der Waals surface area contributed by atoms with E-state index in [2.05, 4.69) is 15.9 Å². The van der Waals surface area contributed by atoms with Crippen molar-refractivity contribution in [2.75, 3.05) is 6.54 Å². The first-order chi connectivity index (χ1) is 8.38. The summed E-state index contributed by atoms with van der Waals surface area (Å²) >= 11 is 3.37. The lowest BCUT2D eigenvalue weighted by atomic mass is 10.1. The van der Waals surface area contributed by atoms with Crippen molar-refractivity contribution in [3.63, 3.8) is 0 Å². The molecule has 0 aliphatic heterocycles. The maximum absolute atomic E-state index is 12.0. The van der Waals surface area contributed by atoms with Crippen LogP contribution in [-0.2, 0) is 4.79 Å². The first-order valence-electron chi connectivity index (χ1n) is 5.47. The molecule has 6 heteroatoms. The van der Waals surface area contributed by atoms with Gasteiger partial charge in [-0.25, -0.2) is 0 Å². The molecule has 1 aromatic rings. The highest BCUT2D eigenvalue weighted by atomic mass is 79.9. The Kier molecular flexibility index (Phi) is 3.66. The molecule has 1 fully saturated rings. The zero-order valence-electron chi connectivity index (χ0n) is 9.30. The van der Waals surface area contributed by atoms with E-state index < -0.39 is 18.6 Å². The molecule has 0 radical (unpaired) electrons. The molecule has 0 aromatic heterocycles. The van der Waals surface area contributed by atoms with Gasteiger partial charge in [0.15, 0.2) is 0 Å². The summed E-state index contributed by atoms with van der Waals surface area (Å²) in [5, 5.41) is 1.92. The Morgan fingerprint density at radius 1 is 1.39 bits per heavy atom. The van der Waals surface area contributed by atoms with Gasteiger partial charge in [0.25, 0.3) is 0 Å². The van der Waals surface area contributed by atoms with Crippen molar-refractivity contribution in [1.29, 1.82) is 0 Å². The number of carbonyl (C=O) groups excluding carboxylic acids is 1. The fourth-order valence-electron chi connectivity index (χ4n) is 1.92. The van der Waals surface area contributed by atoms with Crippen molar-refractivity contribution < 1.29 is 18.0 Å². The fraction of sp³-hybridized carbons (Fsp3) is 0.417. The van der Waals surface area contributed by atoms with Gasteiger partial charge in [-0.3, -0.25) is 4.79 Å². The summed E-state index contributed by atoms with van der Waals surface area (Å²) in [6.45, 7) is -1.26. The van der Waals surface area contributed by atoms with E-state index in [1.54, 1.807) is 0 Å². The van der Waals surface area contributed by atoms with Gasteiger partial charge in [-0.15, -0.1) is 0 Å². The molecule has 1 aliphatic carbocycles. The monoisotopic (exact) mass is 321 g/mol. The van der Waals surface area contributed by atoms with Gasteiger partial charge in [-0.2, -0.15) is 13.2 Å². The van der Waals surface area contributed by atoms with Crippen LogP contribution in [0.25, 0.3) is 0 Å². The number of rotatable bonds is 3. The van der Waals surface area contributed by atoms with Gasteiger partial charge < -0.3 is 5.32 Å². The Bertz CT molecular complexity index is 461. The number of hydrogen-bond acceptors (Lipinski definition) is 1. The van der Waals surface area contributed by atoms with E-state index in [9.17, 15) is 18.0 Å². The van der Waals surface area contributed by atoms with Crippen LogP contribution in [-0.4, -0.2) is 18.6 Å². The lowest BCUT2D eigenvalue weighted by molar-refractivity contribution is -0.139. The molecule has 0 bridgehead atoms. The number of halogens is 4. The van der Waals surface area contributed by atoms with Crippen LogP contribution in [0, 0.1) is 5.92 Å². The van der Waals surface area contributed by atoms with Gasteiger partial charge in [0.2, 0.25) is 5.91 Å².